The van der Waals surface area contributed by atoms with E-state index in [-0.39, 0.29) is 22.6 Å². The zero-order chi connectivity index (χ0) is 20.4. The van der Waals surface area contributed by atoms with E-state index in [1.54, 1.807) is 0 Å². The summed E-state index contributed by atoms with van der Waals surface area (Å²) in [7, 11) is -3.40. The maximum Gasteiger partial charge on any atom is 0.226 e. The fourth-order valence-electron chi connectivity index (χ4n) is 4.67. The van der Waals surface area contributed by atoms with Crippen LogP contribution in [-0.2, 0) is 14.6 Å². The number of anilines is 1. The van der Waals surface area contributed by atoms with Gasteiger partial charge in [0.05, 0.1) is 11.9 Å². The molecule has 1 aliphatic carbocycles. The van der Waals surface area contributed by atoms with Gasteiger partial charge in [-0.15, -0.1) is 0 Å². The third-order valence-electron chi connectivity index (χ3n) is 6.37. The highest BCUT2D eigenvalue weighted by molar-refractivity contribution is 7.90. The first kappa shape index (κ1) is 20.3. The van der Waals surface area contributed by atoms with Crippen LogP contribution in [0.2, 0.25) is 0 Å². The SMILES string of the molecule is CS(=O)(=O)c1cnc(N2CCCC2)nc1C1CCN(C(=O)[C@H]2CC=CCC2)CC1. The van der Waals surface area contributed by atoms with Crippen LogP contribution in [0.1, 0.15) is 56.6 Å². The van der Waals surface area contributed by atoms with Crippen molar-refractivity contribution in [3.8, 4) is 0 Å². The zero-order valence-corrected chi connectivity index (χ0v) is 17.9. The minimum atomic E-state index is -3.40. The molecule has 0 aromatic carbocycles. The number of carbonyl (C=O) groups is 1. The summed E-state index contributed by atoms with van der Waals surface area (Å²) in [6.07, 6.45) is 13.4. The molecule has 8 heteroatoms. The van der Waals surface area contributed by atoms with Gasteiger partial charge in [0.25, 0.3) is 0 Å². The van der Waals surface area contributed by atoms with Gasteiger partial charge in [0.15, 0.2) is 9.84 Å². The molecule has 1 amide bonds. The lowest BCUT2D eigenvalue weighted by Crippen LogP contribution is -2.42. The minimum Gasteiger partial charge on any atom is -0.342 e. The highest BCUT2D eigenvalue weighted by Gasteiger charge is 2.32. The standard InChI is InChI=1S/C21H30N4O3S/c1-29(27,28)18-15-22-21(25-11-5-6-12-25)23-19(18)16-9-13-24(14-10-16)20(26)17-7-3-2-4-8-17/h2-3,15-17H,4-14H2,1H3/t17-/m0/s1. The average Bonchev–Trinajstić information content (AvgIpc) is 3.28. The smallest absolute Gasteiger partial charge is 0.226 e. The molecule has 7 nitrogen and oxygen atoms in total. The summed E-state index contributed by atoms with van der Waals surface area (Å²) < 4.78 is 24.7. The Bertz CT molecular complexity index is 885. The predicted octanol–water partition coefficient (Wildman–Crippen LogP) is 2.54. The van der Waals surface area contributed by atoms with Crippen LogP contribution in [0, 0.1) is 5.92 Å². The molecule has 1 aromatic rings. The van der Waals surface area contributed by atoms with E-state index in [0.29, 0.717) is 24.7 Å². The Balaban J connectivity index is 1.51. The van der Waals surface area contributed by atoms with E-state index in [9.17, 15) is 13.2 Å². The molecule has 2 fully saturated rings. The second kappa shape index (κ2) is 8.42. The fourth-order valence-corrected chi connectivity index (χ4v) is 5.51. The van der Waals surface area contributed by atoms with Crippen LogP contribution in [0.3, 0.4) is 0 Å². The van der Waals surface area contributed by atoms with Crippen molar-refractivity contribution < 1.29 is 13.2 Å². The first-order valence-corrected chi connectivity index (χ1v) is 12.6. The van der Waals surface area contributed by atoms with Crippen molar-refractivity contribution in [3.05, 3.63) is 24.0 Å². The van der Waals surface area contributed by atoms with Crippen molar-refractivity contribution in [2.45, 2.75) is 55.8 Å². The lowest BCUT2D eigenvalue weighted by atomic mass is 9.89. The third-order valence-corrected chi connectivity index (χ3v) is 7.48. The molecule has 2 aliphatic heterocycles. The van der Waals surface area contributed by atoms with Crippen molar-refractivity contribution in [1.29, 1.82) is 0 Å². The van der Waals surface area contributed by atoms with Gasteiger partial charge in [0, 0.05) is 44.3 Å². The number of rotatable bonds is 4. The Labute approximate surface area is 173 Å². The van der Waals surface area contributed by atoms with Gasteiger partial charge in [-0.3, -0.25) is 4.79 Å². The molecule has 2 saturated heterocycles. The number of amides is 1. The number of sulfone groups is 1. The Morgan fingerprint density at radius 1 is 1.07 bits per heavy atom. The molecule has 1 aromatic heterocycles. The van der Waals surface area contributed by atoms with Crippen LogP contribution in [0.15, 0.2) is 23.2 Å². The number of piperidine rings is 1. The Hall–Kier alpha value is -1.96. The van der Waals surface area contributed by atoms with Crippen LogP contribution in [-0.4, -0.2) is 61.6 Å². The third kappa shape index (κ3) is 4.47. The van der Waals surface area contributed by atoms with Crippen molar-refractivity contribution in [2.75, 3.05) is 37.3 Å². The normalized spacial score (nSPS) is 23.6. The summed E-state index contributed by atoms with van der Waals surface area (Å²) in [5.74, 6) is 1.03. The lowest BCUT2D eigenvalue weighted by molar-refractivity contribution is -0.136. The molecule has 0 unspecified atom stereocenters. The van der Waals surface area contributed by atoms with E-state index >= 15 is 0 Å². The van der Waals surface area contributed by atoms with Gasteiger partial charge >= 0.3 is 0 Å². The summed E-state index contributed by atoms with van der Waals surface area (Å²) in [6, 6.07) is 0. The van der Waals surface area contributed by atoms with E-state index in [2.05, 4.69) is 22.0 Å². The molecule has 4 rings (SSSR count). The highest BCUT2D eigenvalue weighted by Crippen LogP contribution is 2.33. The van der Waals surface area contributed by atoms with Crippen molar-refractivity contribution in [2.24, 2.45) is 5.92 Å². The molecule has 29 heavy (non-hydrogen) atoms. The molecule has 1 atom stereocenters. The molecule has 158 valence electrons. The van der Waals surface area contributed by atoms with E-state index in [0.717, 1.165) is 58.0 Å². The topological polar surface area (TPSA) is 83.5 Å². The molecular formula is C21H30N4O3S. The van der Waals surface area contributed by atoms with Gasteiger partial charge in [-0.2, -0.15) is 0 Å². The average molecular weight is 419 g/mol. The first-order chi connectivity index (χ1) is 13.9. The molecule has 0 saturated carbocycles. The fraction of sp³-hybridized carbons (Fsp3) is 0.667. The summed E-state index contributed by atoms with van der Waals surface area (Å²) in [5.41, 5.74) is 0.636. The number of hydrogen-bond donors (Lipinski definition) is 0. The van der Waals surface area contributed by atoms with Gasteiger partial charge in [-0.25, -0.2) is 18.4 Å². The van der Waals surface area contributed by atoms with Crippen LogP contribution < -0.4 is 4.90 Å². The monoisotopic (exact) mass is 418 g/mol. The lowest BCUT2D eigenvalue weighted by Gasteiger charge is -2.35. The Morgan fingerprint density at radius 2 is 1.79 bits per heavy atom. The van der Waals surface area contributed by atoms with E-state index in [1.165, 1.54) is 12.5 Å². The molecule has 3 aliphatic rings. The summed E-state index contributed by atoms with van der Waals surface area (Å²) >= 11 is 0. The number of allylic oxidation sites excluding steroid dienone is 2. The molecular weight excluding hydrogens is 388 g/mol. The van der Waals surface area contributed by atoms with E-state index in [4.69, 9.17) is 4.98 Å². The van der Waals surface area contributed by atoms with Crippen LogP contribution in [0.5, 0.6) is 0 Å². The molecule has 0 bridgehead atoms. The minimum absolute atomic E-state index is 0.0411. The number of nitrogens with zero attached hydrogens (tertiary/aromatic N) is 4. The number of carbonyl (C=O) groups excluding carboxylic acids is 1. The number of aromatic nitrogens is 2. The largest absolute Gasteiger partial charge is 0.342 e. The Morgan fingerprint density at radius 3 is 2.41 bits per heavy atom. The van der Waals surface area contributed by atoms with Gasteiger partial charge in [0.2, 0.25) is 11.9 Å². The number of hydrogen-bond acceptors (Lipinski definition) is 6. The Kier molecular flexibility index (Phi) is 5.90. The van der Waals surface area contributed by atoms with E-state index < -0.39 is 9.84 Å². The van der Waals surface area contributed by atoms with Gasteiger partial charge in [0.1, 0.15) is 4.90 Å². The maximum atomic E-state index is 12.8. The summed E-state index contributed by atoms with van der Waals surface area (Å²) in [4.78, 5) is 26.2. The summed E-state index contributed by atoms with van der Waals surface area (Å²) in [5, 5.41) is 0. The molecule has 0 N–H and O–H groups in total. The van der Waals surface area contributed by atoms with Gasteiger partial charge in [-0.05, 0) is 44.9 Å². The van der Waals surface area contributed by atoms with Crippen LogP contribution in [0.4, 0.5) is 5.95 Å². The van der Waals surface area contributed by atoms with Crippen LogP contribution >= 0.6 is 0 Å². The van der Waals surface area contributed by atoms with Gasteiger partial charge in [-0.1, -0.05) is 12.2 Å². The van der Waals surface area contributed by atoms with Crippen molar-refractivity contribution in [1.82, 2.24) is 14.9 Å². The van der Waals surface area contributed by atoms with Crippen molar-refractivity contribution >= 4 is 21.7 Å². The molecule has 0 radical (unpaired) electrons. The quantitative estimate of drug-likeness (QED) is 0.699. The summed E-state index contributed by atoms with van der Waals surface area (Å²) in [6.45, 7) is 3.16. The highest BCUT2D eigenvalue weighted by atomic mass is 32.2. The molecule has 3 heterocycles. The second-order valence-electron chi connectivity index (χ2n) is 8.47. The van der Waals surface area contributed by atoms with E-state index in [1.807, 2.05) is 4.90 Å². The predicted molar refractivity (Wildman–Crippen MR) is 112 cm³/mol. The van der Waals surface area contributed by atoms with Crippen LogP contribution in [0.25, 0.3) is 0 Å². The zero-order valence-electron chi connectivity index (χ0n) is 17.1. The van der Waals surface area contributed by atoms with Crippen molar-refractivity contribution in [3.63, 3.8) is 0 Å². The maximum absolute atomic E-state index is 12.8. The molecule has 0 spiro atoms. The number of likely N-dealkylation sites (tertiary alicyclic amines) is 1. The van der Waals surface area contributed by atoms with Gasteiger partial charge < -0.3 is 9.80 Å². The first-order valence-electron chi connectivity index (χ1n) is 10.7. The second-order valence-corrected chi connectivity index (χ2v) is 10.5.